The third kappa shape index (κ3) is 2.92. The Balaban J connectivity index is 2.10. The highest BCUT2D eigenvalue weighted by Gasteiger charge is 2.03. The molecule has 0 bridgehead atoms. The summed E-state index contributed by atoms with van der Waals surface area (Å²) in [6.07, 6.45) is 0. The Bertz CT molecular complexity index is 523. The quantitative estimate of drug-likeness (QED) is 0.892. The monoisotopic (exact) mass is 248 g/mol. The topological polar surface area (TPSA) is 29.5 Å². The summed E-state index contributed by atoms with van der Waals surface area (Å²) < 4.78 is 5.64. The third-order valence-electron chi connectivity index (χ3n) is 2.51. The number of ether oxygens (including phenoxy) is 1. The van der Waals surface area contributed by atoms with Gasteiger partial charge >= 0.3 is 0 Å². The first kappa shape index (κ1) is 11.8. The van der Waals surface area contributed by atoms with Gasteiger partial charge in [-0.2, -0.15) is 0 Å². The number of para-hydroxylation sites is 1. The number of aromatic hydroxyl groups is 1. The van der Waals surface area contributed by atoms with E-state index in [2.05, 4.69) is 0 Å². The van der Waals surface area contributed by atoms with Crippen molar-refractivity contribution < 1.29 is 9.84 Å². The fourth-order valence-corrected chi connectivity index (χ4v) is 1.79. The van der Waals surface area contributed by atoms with Gasteiger partial charge in [-0.1, -0.05) is 29.8 Å². The molecule has 1 N–H and O–H groups in total. The molecule has 0 saturated carbocycles. The second kappa shape index (κ2) is 5.11. The van der Waals surface area contributed by atoms with Crippen LogP contribution in [0.3, 0.4) is 0 Å². The molecule has 2 aromatic rings. The van der Waals surface area contributed by atoms with Crippen LogP contribution in [0.4, 0.5) is 0 Å². The van der Waals surface area contributed by atoms with Crippen molar-refractivity contribution in [1.82, 2.24) is 0 Å². The van der Waals surface area contributed by atoms with Crippen LogP contribution in [0.2, 0.25) is 5.02 Å². The number of hydrogen-bond donors (Lipinski definition) is 1. The molecule has 0 aromatic heterocycles. The van der Waals surface area contributed by atoms with Crippen molar-refractivity contribution in [3.8, 4) is 11.5 Å². The summed E-state index contributed by atoms with van der Waals surface area (Å²) in [5.74, 6) is 1.02. The molecule has 0 saturated heterocycles. The summed E-state index contributed by atoms with van der Waals surface area (Å²) in [5.41, 5.74) is 1.75. The molecular weight excluding hydrogens is 236 g/mol. The zero-order valence-corrected chi connectivity index (χ0v) is 10.2. The summed E-state index contributed by atoms with van der Waals surface area (Å²) in [5, 5.41) is 10.3. The molecule has 0 aliphatic rings. The first-order valence-corrected chi connectivity index (χ1v) is 5.70. The zero-order valence-electron chi connectivity index (χ0n) is 9.48. The normalized spacial score (nSPS) is 10.2. The van der Waals surface area contributed by atoms with E-state index in [1.165, 1.54) is 0 Å². The second-order valence-corrected chi connectivity index (χ2v) is 4.26. The van der Waals surface area contributed by atoms with Crippen molar-refractivity contribution in [2.24, 2.45) is 0 Å². The number of benzene rings is 2. The Morgan fingerprint density at radius 1 is 1.18 bits per heavy atom. The Morgan fingerprint density at radius 2 is 1.94 bits per heavy atom. The van der Waals surface area contributed by atoms with Gasteiger partial charge in [0.05, 0.1) is 0 Å². The molecule has 0 atom stereocenters. The Hall–Kier alpha value is -1.67. The van der Waals surface area contributed by atoms with Crippen LogP contribution in [0, 0.1) is 6.92 Å². The van der Waals surface area contributed by atoms with Crippen molar-refractivity contribution >= 4 is 11.6 Å². The minimum absolute atomic E-state index is 0.249. The Labute approximate surface area is 105 Å². The first-order valence-electron chi connectivity index (χ1n) is 5.32. The number of phenolic OH excluding ortho intramolecular Hbond substituents is 1. The van der Waals surface area contributed by atoms with E-state index in [1.807, 2.05) is 31.2 Å². The van der Waals surface area contributed by atoms with Crippen LogP contribution in [0.25, 0.3) is 0 Å². The van der Waals surface area contributed by atoms with Gasteiger partial charge in [0.2, 0.25) is 0 Å². The molecular formula is C14H13ClO2. The maximum Gasteiger partial charge on any atom is 0.122 e. The predicted octanol–water partition coefficient (Wildman–Crippen LogP) is 3.93. The van der Waals surface area contributed by atoms with Gasteiger partial charge in [0, 0.05) is 10.6 Å². The van der Waals surface area contributed by atoms with Crippen molar-refractivity contribution in [2.75, 3.05) is 0 Å². The third-order valence-corrected chi connectivity index (χ3v) is 2.75. The molecule has 3 heteroatoms. The number of rotatable bonds is 3. The lowest BCUT2D eigenvalue weighted by molar-refractivity contribution is 0.297. The van der Waals surface area contributed by atoms with Gasteiger partial charge < -0.3 is 9.84 Å². The number of hydrogen-bond acceptors (Lipinski definition) is 2. The zero-order chi connectivity index (χ0) is 12.3. The molecule has 17 heavy (non-hydrogen) atoms. The SMILES string of the molecule is Cc1cc(Cl)ccc1OCc1ccccc1O. The van der Waals surface area contributed by atoms with E-state index >= 15 is 0 Å². The van der Waals surface area contributed by atoms with Crippen molar-refractivity contribution in [2.45, 2.75) is 13.5 Å². The molecule has 0 fully saturated rings. The lowest BCUT2D eigenvalue weighted by Crippen LogP contribution is -1.97. The van der Waals surface area contributed by atoms with E-state index in [-0.39, 0.29) is 5.75 Å². The lowest BCUT2D eigenvalue weighted by atomic mass is 10.2. The molecule has 0 spiro atoms. The van der Waals surface area contributed by atoms with E-state index in [0.29, 0.717) is 11.6 Å². The molecule has 2 rings (SSSR count). The molecule has 0 radical (unpaired) electrons. The predicted molar refractivity (Wildman–Crippen MR) is 68.6 cm³/mol. The van der Waals surface area contributed by atoms with E-state index in [4.69, 9.17) is 16.3 Å². The van der Waals surface area contributed by atoms with Crippen LogP contribution in [-0.4, -0.2) is 5.11 Å². The van der Waals surface area contributed by atoms with Crippen LogP contribution in [0.5, 0.6) is 11.5 Å². The summed E-state index contributed by atoms with van der Waals surface area (Å²) in [7, 11) is 0. The molecule has 0 heterocycles. The lowest BCUT2D eigenvalue weighted by Gasteiger charge is -2.10. The average molecular weight is 249 g/mol. The summed E-state index contributed by atoms with van der Waals surface area (Å²) in [4.78, 5) is 0. The van der Waals surface area contributed by atoms with Gasteiger partial charge in [0.1, 0.15) is 18.1 Å². The van der Waals surface area contributed by atoms with Crippen LogP contribution in [0.1, 0.15) is 11.1 Å². The molecule has 0 aliphatic carbocycles. The fourth-order valence-electron chi connectivity index (χ4n) is 1.56. The van der Waals surface area contributed by atoms with E-state index in [0.717, 1.165) is 16.9 Å². The number of halogens is 1. The van der Waals surface area contributed by atoms with Crippen molar-refractivity contribution in [1.29, 1.82) is 0 Å². The van der Waals surface area contributed by atoms with E-state index < -0.39 is 0 Å². The minimum Gasteiger partial charge on any atom is -0.508 e. The van der Waals surface area contributed by atoms with E-state index in [1.54, 1.807) is 18.2 Å². The largest absolute Gasteiger partial charge is 0.508 e. The van der Waals surface area contributed by atoms with Crippen LogP contribution in [-0.2, 0) is 6.61 Å². The molecule has 0 unspecified atom stereocenters. The van der Waals surface area contributed by atoms with Crippen LogP contribution in [0.15, 0.2) is 42.5 Å². The summed E-state index contributed by atoms with van der Waals surface area (Å²) in [6, 6.07) is 12.6. The first-order chi connectivity index (χ1) is 8.16. The number of phenols is 1. The van der Waals surface area contributed by atoms with Gasteiger partial charge in [-0.15, -0.1) is 0 Å². The smallest absolute Gasteiger partial charge is 0.122 e. The highest BCUT2D eigenvalue weighted by molar-refractivity contribution is 6.30. The van der Waals surface area contributed by atoms with Gasteiger partial charge in [0.25, 0.3) is 0 Å². The van der Waals surface area contributed by atoms with Gasteiger partial charge in [-0.3, -0.25) is 0 Å². The van der Waals surface area contributed by atoms with Gasteiger partial charge in [-0.25, -0.2) is 0 Å². The van der Waals surface area contributed by atoms with Crippen LogP contribution < -0.4 is 4.74 Å². The second-order valence-electron chi connectivity index (χ2n) is 3.83. The maximum absolute atomic E-state index is 9.60. The molecule has 0 amide bonds. The number of aryl methyl sites for hydroxylation is 1. The van der Waals surface area contributed by atoms with E-state index in [9.17, 15) is 5.11 Å². The van der Waals surface area contributed by atoms with Crippen molar-refractivity contribution in [3.05, 3.63) is 58.6 Å². The standard InChI is InChI=1S/C14H13ClO2/c1-10-8-12(15)6-7-14(10)17-9-11-4-2-3-5-13(11)16/h2-8,16H,9H2,1H3. The molecule has 2 aromatic carbocycles. The molecule has 88 valence electrons. The summed E-state index contributed by atoms with van der Waals surface area (Å²) >= 11 is 5.86. The highest BCUT2D eigenvalue weighted by Crippen LogP contribution is 2.24. The molecule has 0 aliphatic heterocycles. The van der Waals surface area contributed by atoms with Crippen LogP contribution >= 0.6 is 11.6 Å². The molecule has 2 nitrogen and oxygen atoms in total. The average Bonchev–Trinajstić information content (AvgIpc) is 2.30. The fraction of sp³-hybridized carbons (Fsp3) is 0.143. The minimum atomic E-state index is 0.249. The van der Waals surface area contributed by atoms with Crippen molar-refractivity contribution in [3.63, 3.8) is 0 Å². The van der Waals surface area contributed by atoms with Gasteiger partial charge in [-0.05, 0) is 36.8 Å². The van der Waals surface area contributed by atoms with Gasteiger partial charge in [0.15, 0.2) is 0 Å². The Kier molecular flexibility index (Phi) is 3.55. The maximum atomic E-state index is 9.60. The Morgan fingerprint density at radius 3 is 2.65 bits per heavy atom. The summed E-state index contributed by atoms with van der Waals surface area (Å²) in [6.45, 7) is 2.28. The highest BCUT2D eigenvalue weighted by atomic mass is 35.5.